The normalized spacial score (nSPS) is 15.2. The van der Waals surface area contributed by atoms with E-state index < -0.39 is 11.8 Å². The van der Waals surface area contributed by atoms with Gasteiger partial charge in [0.1, 0.15) is 0 Å². The lowest BCUT2D eigenvalue weighted by atomic mass is 10.00. The fraction of sp³-hybridized carbons (Fsp3) is 0.300. The summed E-state index contributed by atoms with van der Waals surface area (Å²) in [7, 11) is 0. The van der Waals surface area contributed by atoms with Gasteiger partial charge in [-0.05, 0) is 36.6 Å². The Bertz CT molecular complexity index is 988. The zero-order chi connectivity index (χ0) is 19.0. The molecule has 0 saturated heterocycles. The van der Waals surface area contributed by atoms with E-state index in [0.717, 1.165) is 28.3 Å². The molecule has 4 rings (SSSR count). The first-order valence-corrected chi connectivity index (χ1v) is 9.70. The second-order valence-electron chi connectivity index (χ2n) is 6.57. The molecular weight excluding hydrogens is 368 g/mol. The number of halogens is 2. The van der Waals surface area contributed by atoms with E-state index >= 15 is 0 Å². The highest BCUT2D eigenvalue weighted by atomic mass is 32.2. The minimum atomic E-state index is -2.70. The Hall–Kier alpha value is -2.41. The number of alkyl halides is 2. The largest absolute Gasteiger partial charge is 0.337 e. The van der Waals surface area contributed by atoms with Crippen molar-refractivity contribution >= 4 is 28.7 Å². The zero-order valence-corrected chi connectivity index (χ0v) is 15.6. The van der Waals surface area contributed by atoms with Crippen LogP contribution in [-0.2, 0) is 17.8 Å². The van der Waals surface area contributed by atoms with Crippen molar-refractivity contribution in [2.24, 2.45) is 0 Å². The molecule has 0 spiro atoms. The van der Waals surface area contributed by atoms with E-state index in [1.54, 1.807) is 36.1 Å². The van der Waals surface area contributed by atoms with Gasteiger partial charge >= 0.3 is 6.55 Å². The zero-order valence-electron chi connectivity index (χ0n) is 14.8. The Labute approximate surface area is 160 Å². The summed E-state index contributed by atoms with van der Waals surface area (Å²) in [6, 6.07) is 14.9. The van der Waals surface area contributed by atoms with Crippen LogP contribution >= 0.6 is 11.8 Å². The van der Waals surface area contributed by atoms with Crippen LogP contribution in [0.4, 0.5) is 8.78 Å². The van der Waals surface area contributed by atoms with E-state index in [1.807, 2.05) is 18.2 Å². The highest BCUT2D eigenvalue weighted by molar-refractivity contribution is 8.00. The van der Waals surface area contributed by atoms with Gasteiger partial charge < -0.3 is 4.90 Å². The number of thioether (sulfide) groups is 1. The number of imidazole rings is 1. The molecule has 0 aliphatic carbocycles. The van der Waals surface area contributed by atoms with Crippen molar-refractivity contribution < 1.29 is 13.6 Å². The molecule has 27 heavy (non-hydrogen) atoms. The minimum absolute atomic E-state index is 0.0534. The SMILES string of the molecule is C[C@@H](Sc1nc2ccccc2n1C(F)F)C(=O)N1CCc2ccccc2C1. The number of amides is 1. The summed E-state index contributed by atoms with van der Waals surface area (Å²) in [4.78, 5) is 19.0. The summed E-state index contributed by atoms with van der Waals surface area (Å²) in [5, 5.41) is -0.325. The Kier molecular flexibility index (Phi) is 4.86. The summed E-state index contributed by atoms with van der Waals surface area (Å²) < 4.78 is 28.1. The van der Waals surface area contributed by atoms with Crippen LogP contribution < -0.4 is 0 Å². The summed E-state index contributed by atoms with van der Waals surface area (Å²) in [6.07, 6.45) is 0.814. The molecular formula is C20H19F2N3OS. The van der Waals surface area contributed by atoms with E-state index in [-0.39, 0.29) is 11.1 Å². The van der Waals surface area contributed by atoms with Crippen molar-refractivity contribution in [3.05, 3.63) is 59.7 Å². The van der Waals surface area contributed by atoms with Crippen LogP contribution in [0, 0.1) is 0 Å². The lowest BCUT2D eigenvalue weighted by molar-refractivity contribution is -0.131. The highest BCUT2D eigenvalue weighted by Gasteiger charge is 2.28. The number of fused-ring (bicyclic) bond motifs is 2. The minimum Gasteiger partial charge on any atom is -0.337 e. The van der Waals surface area contributed by atoms with Gasteiger partial charge in [-0.3, -0.25) is 9.36 Å². The van der Waals surface area contributed by atoms with E-state index in [1.165, 1.54) is 5.56 Å². The van der Waals surface area contributed by atoms with E-state index in [2.05, 4.69) is 11.1 Å². The molecule has 0 unspecified atom stereocenters. The van der Waals surface area contributed by atoms with Gasteiger partial charge in [-0.1, -0.05) is 48.2 Å². The molecule has 4 nitrogen and oxygen atoms in total. The third-order valence-corrected chi connectivity index (χ3v) is 5.88. The average Bonchev–Trinajstić information content (AvgIpc) is 3.04. The second kappa shape index (κ2) is 7.31. The standard InChI is InChI=1S/C20H19F2N3OS/c1-13(18(26)24-11-10-14-6-2-3-7-15(14)12-24)27-20-23-16-8-4-5-9-17(16)25(20)19(21)22/h2-9,13,19H,10-12H2,1H3/t13-/m1/s1. The third kappa shape index (κ3) is 3.43. The molecule has 1 aliphatic rings. The molecule has 1 atom stereocenters. The maximum atomic E-state index is 13.6. The number of hydrogen-bond donors (Lipinski definition) is 0. The van der Waals surface area contributed by atoms with E-state index in [9.17, 15) is 13.6 Å². The van der Waals surface area contributed by atoms with E-state index in [0.29, 0.717) is 24.1 Å². The van der Waals surface area contributed by atoms with Crippen LogP contribution in [0.5, 0.6) is 0 Å². The van der Waals surface area contributed by atoms with Crippen molar-refractivity contribution in [3.63, 3.8) is 0 Å². The number of rotatable bonds is 4. The number of para-hydroxylation sites is 2. The smallest absolute Gasteiger partial charge is 0.321 e. The predicted molar refractivity (Wildman–Crippen MR) is 102 cm³/mol. The van der Waals surface area contributed by atoms with Crippen molar-refractivity contribution in [2.75, 3.05) is 6.54 Å². The Balaban J connectivity index is 1.54. The van der Waals surface area contributed by atoms with Gasteiger partial charge in [-0.15, -0.1) is 0 Å². The summed E-state index contributed by atoms with van der Waals surface area (Å²) in [5.41, 5.74) is 3.30. The van der Waals surface area contributed by atoms with Crippen LogP contribution in [0.2, 0.25) is 0 Å². The lowest BCUT2D eigenvalue weighted by Gasteiger charge is -2.30. The summed E-state index contributed by atoms with van der Waals surface area (Å²) >= 11 is 1.09. The fourth-order valence-corrected chi connectivity index (χ4v) is 4.45. The fourth-order valence-electron chi connectivity index (χ4n) is 3.44. The van der Waals surface area contributed by atoms with Crippen LogP contribution in [0.1, 0.15) is 24.6 Å². The number of aromatic nitrogens is 2. The first-order chi connectivity index (χ1) is 13.0. The first kappa shape index (κ1) is 18.0. The molecule has 2 heterocycles. The molecule has 2 aromatic carbocycles. The molecule has 1 amide bonds. The number of nitrogens with zero attached hydrogens (tertiary/aromatic N) is 3. The second-order valence-corrected chi connectivity index (χ2v) is 7.88. The van der Waals surface area contributed by atoms with Gasteiger partial charge in [0.25, 0.3) is 0 Å². The molecule has 0 radical (unpaired) electrons. The molecule has 0 bridgehead atoms. The lowest BCUT2D eigenvalue weighted by Crippen LogP contribution is -2.40. The topological polar surface area (TPSA) is 38.1 Å². The van der Waals surface area contributed by atoms with Gasteiger partial charge in [-0.25, -0.2) is 4.98 Å². The summed E-state index contributed by atoms with van der Waals surface area (Å²) in [5.74, 6) is -0.0534. The highest BCUT2D eigenvalue weighted by Crippen LogP contribution is 2.32. The molecule has 0 N–H and O–H groups in total. The average molecular weight is 387 g/mol. The van der Waals surface area contributed by atoms with Crippen LogP contribution in [0.3, 0.4) is 0 Å². The van der Waals surface area contributed by atoms with Gasteiger partial charge in [0, 0.05) is 13.1 Å². The van der Waals surface area contributed by atoms with Crippen molar-refractivity contribution in [1.82, 2.24) is 14.5 Å². The quantitative estimate of drug-likeness (QED) is 0.619. The molecule has 3 aromatic rings. The molecule has 0 fully saturated rings. The van der Waals surface area contributed by atoms with Gasteiger partial charge in [0.2, 0.25) is 5.91 Å². The molecule has 1 aromatic heterocycles. The maximum absolute atomic E-state index is 13.6. The Morgan fingerprint density at radius 1 is 1.11 bits per heavy atom. The van der Waals surface area contributed by atoms with Gasteiger partial charge in [0.05, 0.1) is 16.3 Å². The van der Waals surface area contributed by atoms with Crippen LogP contribution in [-0.4, -0.2) is 32.2 Å². The number of carbonyl (C=O) groups excluding carboxylic acids is 1. The maximum Gasteiger partial charge on any atom is 0.321 e. The van der Waals surface area contributed by atoms with Crippen molar-refractivity contribution in [2.45, 2.75) is 36.8 Å². The van der Waals surface area contributed by atoms with Crippen molar-refractivity contribution in [3.8, 4) is 0 Å². The monoisotopic (exact) mass is 387 g/mol. The Morgan fingerprint density at radius 2 is 1.81 bits per heavy atom. The molecule has 0 saturated carbocycles. The van der Waals surface area contributed by atoms with Crippen LogP contribution in [0.25, 0.3) is 11.0 Å². The molecule has 140 valence electrons. The molecule has 7 heteroatoms. The predicted octanol–water partition coefficient (Wildman–Crippen LogP) is 4.50. The van der Waals surface area contributed by atoms with Crippen molar-refractivity contribution in [1.29, 1.82) is 0 Å². The number of hydrogen-bond acceptors (Lipinski definition) is 3. The van der Waals surface area contributed by atoms with E-state index in [4.69, 9.17) is 0 Å². The van der Waals surface area contributed by atoms with Gasteiger partial charge in [-0.2, -0.15) is 8.78 Å². The van der Waals surface area contributed by atoms with Crippen LogP contribution in [0.15, 0.2) is 53.7 Å². The Morgan fingerprint density at radius 3 is 2.59 bits per heavy atom. The number of carbonyl (C=O) groups is 1. The number of benzene rings is 2. The van der Waals surface area contributed by atoms with Gasteiger partial charge in [0.15, 0.2) is 5.16 Å². The molecule has 1 aliphatic heterocycles. The third-order valence-electron chi connectivity index (χ3n) is 4.83. The summed E-state index contributed by atoms with van der Waals surface area (Å²) in [6.45, 7) is 0.254. The first-order valence-electron chi connectivity index (χ1n) is 8.82.